The van der Waals surface area contributed by atoms with Gasteiger partial charge in [-0.05, 0) is 18.4 Å². The summed E-state index contributed by atoms with van der Waals surface area (Å²) in [5.74, 6) is -0.878. The maximum atomic E-state index is 12.8. The normalized spacial score (nSPS) is 12.5. The van der Waals surface area contributed by atoms with Gasteiger partial charge in [-0.25, -0.2) is 4.39 Å². The minimum Gasteiger partial charge on any atom is -0.350 e. The second-order valence-electron chi connectivity index (χ2n) is 2.78. The van der Waals surface area contributed by atoms with Gasteiger partial charge < -0.3 is 11.1 Å². The van der Waals surface area contributed by atoms with Crippen molar-refractivity contribution in [1.29, 1.82) is 0 Å². The average Bonchev–Trinajstić information content (AvgIpc) is 2.47. The molecule has 5 heteroatoms. The number of amides is 1. The topological polar surface area (TPSA) is 55.1 Å². The van der Waals surface area contributed by atoms with Crippen LogP contribution in [-0.4, -0.2) is 18.5 Å². The molecule has 1 aromatic heterocycles. The summed E-state index contributed by atoms with van der Waals surface area (Å²) in [5.41, 5.74) is 5.43. The van der Waals surface area contributed by atoms with E-state index in [1.807, 2.05) is 0 Å². The number of halogens is 1. The van der Waals surface area contributed by atoms with Crippen molar-refractivity contribution in [3.05, 3.63) is 22.1 Å². The number of nitrogens with two attached hydrogens (primary N) is 1. The van der Waals surface area contributed by atoms with Gasteiger partial charge in [-0.3, -0.25) is 4.79 Å². The quantitative estimate of drug-likeness (QED) is 0.767. The zero-order chi connectivity index (χ0) is 9.84. The van der Waals surface area contributed by atoms with E-state index in [9.17, 15) is 9.18 Å². The van der Waals surface area contributed by atoms with Crippen molar-refractivity contribution in [1.82, 2.24) is 5.32 Å². The van der Waals surface area contributed by atoms with E-state index >= 15 is 0 Å². The number of thiophene rings is 1. The Morgan fingerprint density at radius 1 is 1.85 bits per heavy atom. The molecule has 0 spiro atoms. The monoisotopic (exact) mass is 202 g/mol. The van der Waals surface area contributed by atoms with Gasteiger partial charge in [0, 0.05) is 12.6 Å². The summed E-state index contributed by atoms with van der Waals surface area (Å²) in [6.45, 7) is 2.13. The fourth-order valence-corrected chi connectivity index (χ4v) is 1.47. The van der Waals surface area contributed by atoms with Crippen LogP contribution < -0.4 is 11.1 Å². The molecule has 0 aliphatic heterocycles. The Bertz CT molecular complexity index is 298. The number of nitrogens with one attached hydrogen (secondary N) is 1. The Kier molecular flexibility index (Phi) is 3.39. The summed E-state index contributed by atoms with van der Waals surface area (Å²) in [4.78, 5) is 11.3. The molecule has 1 aromatic rings. The maximum Gasteiger partial charge on any atom is 0.264 e. The molecule has 3 nitrogen and oxygen atoms in total. The van der Waals surface area contributed by atoms with Crippen molar-refractivity contribution in [3.8, 4) is 0 Å². The molecule has 0 saturated carbocycles. The minimum atomic E-state index is -0.479. The third kappa shape index (κ3) is 2.78. The molecule has 0 aliphatic rings. The zero-order valence-electron chi connectivity index (χ0n) is 7.21. The Balaban J connectivity index is 2.54. The predicted octanol–water partition coefficient (Wildman–Crippen LogP) is 0.964. The number of carbonyl (C=O) groups excluding carboxylic acids is 1. The van der Waals surface area contributed by atoms with Gasteiger partial charge in [-0.2, -0.15) is 0 Å². The van der Waals surface area contributed by atoms with Gasteiger partial charge >= 0.3 is 0 Å². The molecular formula is C8H11FN2OS. The summed E-state index contributed by atoms with van der Waals surface area (Å²) in [5, 5.41) is 4.07. The lowest BCUT2D eigenvalue weighted by Gasteiger charge is -2.05. The molecule has 0 bridgehead atoms. The van der Waals surface area contributed by atoms with Crippen LogP contribution in [0.2, 0.25) is 0 Å². The lowest BCUT2D eigenvalue weighted by molar-refractivity contribution is 0.0952. The molecule has 0 fully saturated rings. The van der Waals surface area contributed by atoms with Gasteiger partial charge in [0.15, 0.2) is 0 Å². The third-order valence-corrected chi connectivity index (χ3v) is 2.30. The molecule has 0 aliphatic carbocycles. The summed E-state index contributed by atoms with van der Waals surface area (Å²) in [6.07, 6.45) is 0. The molecule has 1 atom stereocenters. The van der Waals surface area contributed by atoms with Crippen LogP contribution in [0.4, 0.5) is 4.39 Å². The van der Waals surface area contributed by atoms with E-state index in [1.165, 1.54) is 11.4 Å². The largest absolute Gasteiger partial charge is 0.350 e. The number of carbonyl (C=O) groups is 1. The van der Waals surface area contributed by atoms with Crippen LogP contribution in [-0.2, 0) is 0 Å². The van der Waals surface area contributed by atoms with Crippen molar-refractivity contribution in [2.75, 3.05) is 6.54 Å². The first-order valence-corrected chi connectivity index (χ1v) is 4.76. The maximum absolute atomic E-state index is 12.8. The Morgan fingerprint density at radius 3 is 3.00 bits per heavy atom. The molecule has 0 saturated heterocycles. The first-order chi connectivity index (χ1) is 6.11. The molecule has 3 N–H and O–H groups in total. The van der Waals surface area contributed by atoms with Crippen molar-refractivity contribution in [3.63, 3.8) is 0 Å². The second kappa shape index (κ2) is 4.34. The zero-order valence-corrected chi connectivity index (χ0v) is 8.03. The highest BCUT2D eigenvalue weighted by Crippen LogP contribution is 2.13. The molecule has 0 radical (unpaired) electrons. The lowest BCUT2D eigenvalue weighted by atomic mass is 10.3. The standard InChI is InChI=1S/C8H11FN2OS/c1-5(10)4-11-8(12)7-6(9)2-3-13-7/h2-3,5H,4,10H2,1H3,(H,11,12). The first kappa shape index (κ1) is 10.1. The molecule has 1 amide bonds. The van der Waals surface area contributed by atoms with Crippen molar-refractivity contribution in [2.24, 2.45) is 5.73 Å². The van der Waals surface area contributed by atoms with Crippen LogP contribution in [0.15, 0.2) is 11.4 Å². The number of rotatable bonds is 3. The molecule has 72 valence electrons. The Labute approximate surface area is 79.7 Å². The van der Waals surface area contributed by atoms with Gasteiger partial charge in [0.2, 0.25) is 0 Å². The first-order valence-electron chi connectivity index (χ1n) is 3.88. The number of hydrogen-bond acceptors (Lipinski definition) is 3. The fraction of sp³-hybridized carbons (Fsp3) is 0.375. The van der Waals surface area contributed by atoms with Crippen LogP contribution in [0.1, 0.15) is 16.6 Å². The van der Waals surface area contributed by atoms with E-state index in [-0.39, 0.29) is 10.9 Å². The summed E-state index contributed by atoms with van der Waals surface area (Å²) < 4.78 is 12.8. The van der Waals surface area contributed by atoms with Gasteiger partial charge in [-0.1, -0.05) is 0 Å². The van der Waals surface area contributed by atoms with Crippen molar-refractivity contribution < 1.29 is 9.18 Å². The van der Waals surface area contributed by atoms with E-state index in [0.29, 0.717) is 6.54 Å². The SMILES string of the molecule is CC(N)CNC(=O)c1sccc1F. The third-order valence-electron chi connectivity index (χ3n) is 1.41. The van der Waals surface area contributed by atoms with Gasteiger partial charge in [0.25, 0.3) is 5.91 Å². The van der Waals surface area contributed by atoms with Crippen LogP contribution >= 0.6 is 11.3 Å². The predicted molar refractivity (Wildman–Crippen MR) is 50.3 cm³/mol. The Hall–Kier alpha value is -0.940. The lowest BCUT2D eigenvalue weighted by Crippen LogP contribution is -2.35. The van der Waals surface area contributed by atoms with E-state index in [2.05, 4.69) is 5.32 Å². The molecule has 1 heterocycles. The summed E-state index contributed by atoms with van der Waals surface area (Å²) in [6, 6.07) is 1.15. The molecule has 1 unspecified atom stereocenters. The van der Waals surface area contributed by atoms with Crippen LogP contribution in [0.25, 0.3) is 0 Å². The molecule has 1 rings (SSSR count). The molecular weight excluding hydrogens is 191 g/mol. The molecule has 13 heavy (non-hydrogen) atoms. The van der Waals surface area contributed by atoms with E-state index in [0.717, 1.165) is 11.3 Å². The van der Waals surface area contributed by atoms with Crippen molar-refractivity contribution >= 4 is 17.2 Å². The highest BCUT2D eigenvalue weighted by Gasteiger charge is 2.12. The van der Waals surface area contributed by atoms with Crippen molar-refractivity contribution in [2.45, 2.75) is 13.0 Å². The van der Waals surface area contributed by atoms with E-state index < -0.39 is 11.7 Å². The summed E-state index contributed by atoms with van der Waals surface area (Å²) in [7, 11) is 0. The highest BCUT2D eigenvalue weighted by molar-refractivity contribution is 7.12. The van der Waals surface area contributed by atoms with Gasteiger partial charge in [-0.15, -0.1) is 11.3 Å². The molecule has 0 aromatic carbocycles. The number of hydrogen-bond donors (Lipinski definition) is 2. The van der Waals surface area contributed by atoms with Crippen LogP contribution in [0, 0.1) is 5.82 Å². The van der Waals surface area contributed by atoms with E-state index in [4.69, 9.17) is 5.73 Å². The minimum absolute atomic E-state index is 0.112. The average molecular weight is 202 g/mol. The summed E-state index contributed by atoms with van der Waals surface area (Å²) >= 11 is 1.08. The van der Waals surface area contributed by atoms with Crippen LogP contribution in [0.3, 0.4) is 0 Å². The smallest absolute Gasteiger partial charge is 0.264 e. The van der Waals surface area contributed by atoms with Crippen LogP contribution in [0.5, 0.6) is 0 Å². The second-order valence-corrected chi connectivity index (χ2v) is 3.70. The van der Waals surface area contributed by atoms with E-state index in [1.54, 1.807) is 6.92 Å². The Morgan fingerprint density at radius 2 is 2.54 bits per heavy atom. The highest BCUT2D eigenvalue weighted by atomic mass is 32.1. The van der Waals surface area contributed by atoms with Gasteiger partial charge in [0.05, 0.1) is 0 Å². The fourth-order valence-electron chi connectivity index (χ4n) is 0.790. The van der Waals surface area contributed by atoms with Gasteiger partial charge in [0.1, 0.15) is 10.7 Å².